The van der Waals surface area contributed by atoms with Crippen molar-refractivity contribution in [3.8, 4) is 0 Å². The molecule has 2 fully saturated rings. The second kappa shape index (κ2) is 6.94. The largest absolute Gasteiger partial charge is 0.349 e. The van der Waals surface area contributed by atoms with Gasteiger partial charge < -0.3 is 10.2 Å². The van der Waals surface area contributed by atoms with E-state index in [-0.39, 0.29) is 11.8 Å². The van der Waals surface area contributed by atoms with Crippen molar-refractivity contribution in [3.05, 3.63) is 70.8 Å². The quantitative estimate of drug-likeness (QED) is 0.865. The van der Waals surface area contributed by atoms with E-state index in [0.29, 0.717) is 24.2 Å². The molecule has 134 valence electrons. The van der Waals surface area contributed by atoms with Gasteiger partial charge in [-0.05, 0) is 62.4 Å². The summed E-state index contributed by atoms with van der Waals surface area (Å²) in [6.07, 6.45) is 4.31. The van der Waals surface area contributed by atoms with Crippen LogP contribution in [0.25, 0.3) is 0 Å². The molecule has 26 heavy (non-hydrogen) atoms. The van der Waals surface area contributed by atoms with E-state index in [4.69, 9.17) is 0 Å². The number of benzene rings is 2. The van der Waals surface area contributed by atoms with Gasteiger partial charge in [-0.2, -0.15) is 0 Å². The predicted octanol–water partition coefficient (Wildman–Crippen LogP) is 3.69. The molecule has 0 saturated heterocycles. The highest BCUT2D eigenvalue weighted by atomic mass is 16.2. The van der Waals surface area contributed by atoms with Crippen molar-refractivity contribution in [2.24, 2.45) is 0 Å². The first kappa shape index (κ1) is 16.8. The SMILES string of the molecule is Cc1ccc(C(=O)N(Cc2ccc(C(=O)NC3CC3)cc2)C2CC2)cc1. The van der Waals surface area contributed by atoms with Gasteiger partial charge in [-0.3, -0.25) is 9.59 Å². The highest BCUT2D eigenvalue weighted by Gasteiger charge is 2.33. The maximum Gasteiger partial charge on any atom is 0.254 e. The third-order valence-electron chi connectivity index (χ3n) is 5.03. The Morgan fingerprint density at radius 2 is 1.54 bits per heavy atom. The molecule has 2 aliphatic carbocycles. The van der Waals surface area contributed by atoms with E-state index in [2.05, 4.69) is 5.32 Å². The molecule has 2 aromatic rings. The molecule has 0 unspecified atom stereocenters. The molecule has 0 aromatic heterocycles. The fourth-order valence-corrected chi connectivity index (χ4v) is 3.07. The standard InChI is InChI=1S/C22H24N2O2/c1-15-2-6-18(7-3-15)22(26)24(20-12-13-20)14-16-4-8-17(9-5-16)21(25)23-19-10-11-19/h2-9,19-20H,10-14H2,1H3,(H,23,25). The smallest absolute Gasteiger partial charge is 0.254 e. The summed E-state index contributed by atoms with van der Waals surface area (Å²) in [5.74, 6) is 0.0804. The van der Waals surface area contributed by atoms with Crippen LogP contribution < -0.4 is 5.32 Å². The number of carbonyl (C=O) groups excluding carboxylic acids is 2. The van der Waals surface area contributed by atoms with Gasteiger partial charge in [0, 0.05) is 29.8 Å². The Bertz CT molecular complexity index is 803. The first-order valence-corrected chi connectivity index (χ1v) is 9.37. The minimum atomic E-state index is -0.00571. The summed E-state index contributed by atoms with van der Waals surface area (Å²) < 4.78 is 0. The number of carbonyl (C=O) groups is 2. The van der Waals surface area contributed by atoms with Crippen LogP contribution >= 0.6 is 0 Å². The molecule has 0 aliphatic heterocycles. The number of amides is 2. The first-order valence-electron chi connectivity index (χ1n) is 9.37. The number of nitrogens with one attached hydrogen (secondary N) is 1. The number of hydrogen-bond acceptors (Lipinski definition) is 2. The van der Waals surface area contributed by atoms with Gasteiger partial charge in [0.2, 0.25) is 0 Å². The lowest BCUT2D eigenvalue weighted by Crippen LogP contribution is -2.32. The lowest BCUT2D eigenvalue weighted by Gasteiger charge is -2.23. The molecule has 2 aliphatic rings. The maximum atomic E-state index is 12.9. The fourth-order valence-electron chi connectivity index (χ4n) is 3.07. The molecule has 0 spiro atoms. The minimum Gasteiger partial charge on any atom is -0.349 e. The molecular formula is C22H24N2O2. The van der Waals surface area contributed by atoms with Crippen molar-refractivity contribution in [3.63, 3.8) is 0 Å². The monoisotopic (exact) mass is 348 g/mol. The average molecular weight is 348 g/mol. The van der Waals surface area contributed by atoms with Crippen LogP contribution in [0.15, 0.2) is 48.5 Å². The molecule has 2 aromatic carbocycles. The number of rotatable bonds is 6. The zero-order valence-corrected chi connectivity index (χ0v) is 15.1. The Balaban J connectivity index is 1.45. The van der Waals surface area contributed by atoms with Gasteiger partial charge in [0.25, 0.3) is 11.8 Å². The summed E-state index contributed by atoms with van der Waals surface area (Å²) in [4.78, 5) is 27.0. The van der Waals surface area contributed by atoms with Crippen molar-refractivity contribution in [2.45, 2.75) is 51.2 Å². The van der Waals surface area contributed by atoms with E-state index in [9.17, 15) is 9.59 Å². The van der Waals surface area contributed by atoms with Gasteiger partial charge in [-0.25, -0.2) is 0 Å². The molecule has 4 nitrogen and oxygen atoms in total. The van der Waals surface area contributed by atoms with Crippen LogP contribution in [-0.4, -0.2) is 28.8 Å². The van der Waals surface area contributed by atoms with E-state index in [1.54, 1.807) is 0 Å². The summed E-state index contributed by atoms with van der Waals surface area (Å²) in [6.45, 7) is 2.61. The Kier molecular flexibility index (Phi) is 4.49. The third kappa shape index (κ3) is 3.96. The molecular weight excluding hydrogens is 324 g/mol. The molecule has 0 bridgehead atoms. The van der Waals surface area contributed by atoms with Crippen LogP contribution in [0.1, 0.15) is 57.5 Å². The summed E-state index contributed by atoms with van der Waals surface area (Å²) >= 11 is 0. The Morgan fingerprint density at radius 3 is 2.12 bits per heavy atom. The summed E-state index contributed by atoms with van der Waals surface area (Å²) in [7, 11) is 0. The van der Waals surface area contributed by atoms with Crippen molar-refractivity contribution >= 4 is 11.8 Å². The summed E-state index contributed by atoms with van der Waals surface area (Å²) in [5.41, 5.74) is 3.63. The van der Waals surface area contributed by atoms with E-state index in [1.807, 2.05) is 60.4 Å². The van der Waals surface area contributed by atoms with Crippen molar-refractivity contribution in [1.82, 2.24) is 10.2 Å². The highest BCUT2D eigenvalue weighted by Crippen LogP contribution is 2.30. The van der Waals surface area contributed by atoms with Crippen LogP contribution in [0.4, 0.5) is 0 Å². The molecule has 0 radical (unpaired) electrons. The van der Waals surface area contributed by atoms with Crippen molar-refractivity contribution in [2.75, 3.05) is 0 Å². The Morgan fingerprint density at radius 1 is 0.923 bits per heavy atom. The third-order valence-corrected chi connectivity index (χ3v) is 5.03. The molecule has 0 atom stereocenters. The van der Waals surface area contributed by atoms with Crippen molar-refractivity contribution in [1.29, 1.82) is 0 Å². The number of nitrogens with zero attached hydrogens (tertiary/aromatic N) is 1. The first-order chi connectivity index (χ1) is 12.6. The highest BCUT2D eigenvalue weighted by molar-refractivity contribution is 5.95. The lowest BCUT2D eigenvalue weighted by molar-refractivity contribution is 0.0729. The topological polar surface area (TPSA) is 49.4 Å². The van der Waals surface area contributed by atoms with Gasteiger partial charge in [0.1, 0.15) is 0 Å². The van der Waals surface area contributed by atoms with Crippen LogP contribution in [0.2, 0.25) is 0 Å². The van der Waals surface area contributed by atoms with Gasteiger partial charge in [-0.1, -0.05) is 29.8 Å². The zero-order valence-electron chi connectivity index (χ0n) is 15.1. The molecule has 0 heterocycles. The van der Waals surface area contributed by atoms with Gasteiger partial charge >= 0.3 is 0 Å². The maximum absolute atomic E-state index is 12.9. The number of aryl methyl sites for hydroxylation is 1. The van der Waals surface area contributed by atoms with Crippen LogP contribution in [0.3, 0.4) is 0 Å². The minimum absolute atomic E-state index is 0.00571. The van der Waals surface area contributed by atoms with E-state index in [0.717, 1.165) is 42.4 Å². The summed E-state index contributed by atoms with van der Waals surface area (Å²) in [6, 6.07) is 16.1. The summed E-state index contributed by atoms with van der Waals surface area (Å²) in [5, 5.41) is 3.00. The van der Waals surface area contributed by atoms with Gasteiger partial charge in [0.05, 0.1) is 0 Å². The van der Waals surface area contributed by atoms with E-state index >= 15 is 0 Å². The van der Waals surface area contributed by atoms with Gasteiger partial charge in [-0.15, -0.1) is 0 Å². The Hall–Kier alpha value is -2.62. The zero-order chi connectivity index (χ0) is 18.1. The number of hydrogen-bond donors (Lipinski definition) is 1. The van der Waals surface area contributed by atoms with Crippen LogP contribution in [-0.2, 0) is 6.54 Å². The molecule has 4 heteroatoms. The second-order valence-electron chi connectivity index (χ2n) is 7.47. The molecule has 2 amide bonds. The fraction of sp³-hybridized carbons (Fsp3) is 0.364. The molecule has 1 N–H and O–H groups in total. The Labute approximate surface area is 154 Å². The van der Waals surface area contributed by atoms with Crippen LogP contribution in [0, 0.1) is 6.92 Å². The normalized spacial score (nSPS) is 16.2. The lowest BCUT2D eigenvalue weighted by atomic mass is 10.1. The van der Waals surface area contributed by atoms with E-state index < -0.39 is 0 Å². The van der Waals surface area contributed by atoms with Gasteiger partial charge in [0.15, 0.2) is 0 Å². The van der Waals surface area contributed by atoms with E-state index in [1.165, 1.54) is 0 Å². The molecule has 2 saturated carbocycles. The van der Waals surface area contributed by atoms with Crippen molar-refractivity contribution < 1.29 is 9.59 Å². The van der Waals surface area contributed by atoms with Crippen LogP contribution in [0.5, 0.6) is 0 Å². The molecule has 4 rings (SSSR count). The average Bonchev–Trinajstić information content (AvgIpc) is 3.54. The predicted molar refractivity (Wildman–Crippen MR) is 101 cm³/mol. The second-order valence-corrected chi connectivity index (χ2v) is 7.47.